The van der Waals surface area contributed by atoms with Gasteiger partial charge in [0.05, 0.1) is 16.5 Å². The normalized spacial score (nSPS) is 12.9. The maximum absolute atomic E-state index is 12.5. The van der Waals surface area contributed by atoms with Crippen LogP contribution in [-0.4, -0.2) is 28.4 Å². The second-order valence-corrected chi connectivity index (χ2v) is 6.49. The van der Waals surface area contributed by atoms with Crippen LogP contribution in [0.15, 0.2) is 35.4 Å². The number of benzene rings is 1. The Hall–Kier alpha value is -3.12. The molecule has 1 atom stereocenters. The lowest BCUT2D eigenvalue weighted by Gasteiger charge is -2.16. The number of aryl methyl sites for hydroxylation is 1. The lowest BCUT2D eigenvalue weighted by Crippen LogP contribution is -2.29. The minimum atomic E-state index is -4.29. The highest BCUT2D eigenvalue weighted by Gasteiger charge is 2.27. The van der Waals surface area contributed by atoms with Crippen LogP contribution in [0, 0.1) is 11.3 Å². The molecule has 2 aromatic heterocycles. The fourth-order valence-electron chi connectivity index (χ4n) is 2.99. The van der Waals surface area contributed by atoms with E-state index in [1.807, 2.05) is 6.07 Å². The average molecular weight is 390 g/mol. The summed E-state index contributed by atoms with van der Waals surface area (Å²) in [6, 6.07) is 5.99. The third-order valence-electron chi connectivity index (χ3n) is 4.48. The minimum Gasteiger partial charge on any atom is -0.491 e. The zero-order valence-electron chi connectivity index (χ0n) is 15.0. The van der Waals surface area contributed by atoms with Crippen LogP contribution < -0.4 is 16.0 Å². The maximum Gasteiger partial charge on any atom is 0.389 e. The predicted molar refractivity (Wildman–Crippen MR) is 98.0 cm³/mol. The molecule has 0 aliphatic carbocycles. The summed E-state index contributed by atoms with van der Waals surface area (Å²) in [4.78, 5) is 16.5. The van der Waals surface area contributed by atoms with Gasteiger partial charge in [0, 0.05) is 43.4 Å². The van der Waals surface area contributed by atoms with Gasteiger partial charge < -0.3 is 15.0 Å². The van der Waals surface area contributed by atoms with Crippen molar-refractivity contribution >= 4 is 21.7 Å². The molecule has 0 fully saturated rings. The zero-order valence-corrected chi connectivity index (χ0v) is 15.0. The van der Waals surface area contributed by atoms with Gasteiger partial charge in [-0.25, -0.2) is 0 Å². The first kappa shape index (κ1) is 19.6. The Kier molecular flexibility index (Phi) is 5.25. The SMILES string of the molecule is Cn1c(=O)c2cnccc2c2cc(C#N)c(OCC(N)CCC(F)(F)F)cc21. The van der Waals surface area contributed by atoms with E-state index in [0.29, 0.717) is 21.7 Å². The molecule has 6 nitrogen and oxygen atoms in total. The fraction of sp³-hybridized carbons (Fsp3) is 0.316. The lowest BCUT2D eigenvalue weighted by molar-refractivity contribution is -0.136. The van der Waals surface area contributed by atoms with E-state index in [0.717, 1.165) is 0 Å². The number of rotatable bonds is 5. The second-order valence-electron chi connectivity index (χ2n) is 6.49. The molecule has 3 aromatic rings. The molecular formula is C19H17F3N4O2. The third kappa shape index (κ3) is 3.92. The molecule has 0 spiro atoms. The molecule has 9 heteroatoms. The van der Waals surface area contributed by atoms with Crippen LogP contribution in [0.2, 0.25) is 0 Å². The molecule has 0 aliphatic heterocycles. The van der Waals surface area contributed by atoms with Crippen molar-refractivity contribution < 1.29 is 17.9 Å². The number of nitrogens with two attached hydrogens (primary N) is 1. The van der Waals surface area contributed by atoms with Crippen molar-refractivity contribution in [3.63, 3.8) is 0 Å². The monoisotopic (exact) mass is 390 g/mol. The van der Waals surface area contributed by atoms with Gasteiger partial charge in [-0.1, -0.05) is 0 Å². The largest absolute Gasteiger partial charge is 0.491 e. The summed E-state index contributed by atoms with van der Waals surface area (Å²) in [6.45, 7) is -0.179. The summed E-state index contributed by atoms with van der Waals surface area (Å²) in [5.74, 6) is 0.167. The number of halogens is 3. The van der Waals surface area contributed by atoms with E-state index in [1.165, 1.54) is 16.8 Å². The Morgan fingerprint density at radius 3 is 2.75 bits per heavy atom. The van der Waals surface area contributed by atoms with E-state index in [9.17, 15) is 23.2 Å². The summed E-state index contributed by atoms with van der Waals surface area (Å²) >= 11 is 0. The van der Waals surface area contributed by atoms with Crippen LogP contribution in [0.5, 0.6) is 5.75 Å². The second kappa shape index (κ2) is 7.48. The number of pyridine rings is 2. The van der Waals surface area contributed by atoms with Crippen LogP contribution in [0.1, 0.15) is 18.4 Å². The summed E-state index contributed by atoms with van der Waals surface area (Å²) in [5, 5.41) is 11.2. The Morgan fingerprint density at radius 1 is 1.32 bits per heavy atom. The van der Waals surface area contributed by atoms with Gasteiger partial charge >= 0.3 is 6.18 Å². The molecule has 2 heterocycles. The van der Waals surface area contributed by atoms with Crippen molar-refractivity contribution in [2.24, 2.45) is 12.8 Å². The summed E-state index contributed by atoms with van der Waals surface area (Å²) in [7, 11) is 1.59. The molecule has 1 aromatic carbocycles. The number of hydrogen-bond acceptors (Lipinski definition) is 5. The molecule has 0 amide bonds. The molecule has 0 saturated heterocycles. The highest BCUT2D eigenvalue weighted by molar-refractivity contribution is 6.06. The Balaban J connectivity index is 1.98. The van der Waals surface area contributed by atoms with Crippen molar-refractivity contribution in [3.8, 4) is 11.8 Å². The van der Waals surface area contributed by atoms with Gasteiger partial charge in [-0.15, -0.1) is 0 Å². The lowest BCUT2D eigenvalue weighted by atomic mass is 10.0. The van der Waals surface area contributed by atoms with Gasteiger partial charge in [0.15, 0.2) is 0 Å². The van der Waals surface area contributed by atoms with Gasteiger partial charge in [-0.3, -0.25) is 9.78 Å². The fourth-order valence-corrected chi connectivity index (χ4v) is 2.99. The van der Waals surface area contributed by atoms with Gasteiger partial charge in [0.25, 0.3) is 5.56 Å². The quantitative estimate of drug-likeness (QED) is 0.676. The zero-order chi connectivity index (χ0) is 20.5. The van der Waals surface area contributed by atoms with Crippen LogP contribution in [0.25, 0.3) is 21.7 Å². The third-order valence-corrected chi connectivity index (χ3v) is 4.48. The van der Waals surface area contributed by atoms with Crippen LogP contribution in [-0.2, 0) is 7.05 Å². The number of nitriles is 1. The summed E-state index contributed by atoms with van der Waals surface area (Å²) in [6.07, 6.45) is -2.55. The minimum absolute atomic E-state index is 0.167. The predicted octanol–water partition coefficient (Wildman–Crippen LogP) is 3.01. The average Bonchev–Trinajstić information content (AvgIpc) is 2.67. The number of alkyl halides is 3. The Morgan fingerprint density at radius 2 is 2.07 bits per heavy atom. The van der Waals surface area contributed by atoms with Gasteiger partial charge in [-0.05, 0) is 23.9 Å². The van der Waals surface area contributed by atoms with Crippen LogP contribution >= 0.6 is 0 Å². The Labute approximate surface area is 158 Å². The number of fused-ring (bicyclic) bond motifs is 3. The molecular weight excluding hydrogens is 373 g/mol. The van der Waals surface area contributed by atoms with Gasteiger partial charge in [0.2, 0.25) is 0 Å². The smallest absolute Gasteiger partial charge is 0.389 e. The molecule has 28 heavy (non-hydrogen) atoms. The van der Waals surface area contributed by atoms with E-state index in [2.05, 4.69) is 4.98 Å². The van der Waals surface area contributed by atoms with Crippen molar-refractivity contribution in [1.29, 1.82) is 5.26 Å². The van der Waals surface area contributed by atoms with Crippen molar-refractivity contribution in [2.75, 3.05) is 6.61 Å². The standard InChI is InChI=1S/C19H17F3N4O2/c1-26-16-7-17(28-10-12(24)2-4-19(20,21)22)11(8-23)6-14(16)13-3-5-25-9-15(13)18(26)27/h3,5-7,9,12H,2,4,10,24H2,1H3. The molecule has 3 rings (SSSR count). The van der Waals surface area contributed by atoms with Gasteiger partial charge in [0.1, 0.15) is 18.4 Å². The van der Waals surface area contributed by atoms with Crippen LogP contribution in [0.4, 0.5) is 13.2 Å². The van der Waals surface area contributed by atoms with Crippen molar-refractivity contribution in [3.05, 3.63) is 46.5 Å². The van der Waals surface area contributed by atoms with Crippen LogP contribution in [0.3, 0.4) is 0 Å². The highest BCUT2D eigenvalue weighted by Crippen LogP contribution is 2.29. The Bertz CT molecular complexity index is 1130. The van der Waals surface area contributed by atoms with E-state index < -0.39 is 18.6 Å². The molecule has 0 aliphatic rings. The van der Waals surface area contributed by atoms with Gasteiger partial charge in [-0.2, -0.15) is 18.4 Å². The number of hydrogen-bond donors (Lipinski definition) is 1. The summed E-state index contributed by atoms with van der Waals surface area (Å²) in [5.41, 5.74) is 6.17. The van der Waals surface area contributed by atoms with E-state index in [4.69, 9.17) is 10.5 Å². The van der Waals surface area contributed by atoms with Crippen molar-refractivity contribution in [2.45, 2.75) is 25.1 Å². The first-order chi connectivity index (χ1) is 13.2. The molecule has 0 saturated carbocycles. The van der Waals surface area contributed by atoms with Crippen molar-refractivity contribution in [1.82, 2.24) is 9.55 Å². The molecule has 0 radical (unpaired) electrons. The molecule has 146 valence electrons. The first-order valence-corrected chi connectivity index (χ1v) is 8.47. The number of aromatic nitrogens is 2. The highest BCUT2D eigenvalue weighted by atomic mass is 19.4. The van der Waals surface area contributed by atoms with E-state index >= 15 is 0 Å². The molecule has 2 N–H and O–H groups in total. The first-order valence-electron chi connectivity index (χ1n) is 8.47. The molecule has 0 bridgehead atoms. The maximum atomic E-state index is 12.5. The van der Waals surface area contributed by atoms with E-state index in [1.54, 1.807) is 25.4 Å². The van der Waals surface area contributed by atoms with E-state index in [-0.39, 0.29) is 29.9 Å². The molecule has 1 unspecified atom stereocenters. The number of nitrogens with zero attached hydrogens (tertiary/aromatic N) is 3. The summed E-state index contributed by atoms with van der Waals surface area (Å²) < 4.78 is 43.9. The number of ether oxygens (including phenoxy) is 1. The topological polar surface area (TPSA) is 93.9 Å².